The second-order valence-electron chi connectivity index (χ2n) is 3.68. The summed E-state index contributed by atoms with van der Waals surface area (Å²) in [5.41, 5.74) is 1.13. The van der Waals surface area contributed by atoms with Gasteiger partial charge in [0.25, 0.3) is 0 Å². The minimum atomic E-state index is -0.908. The average molecular weight is 234 g/mol. The van der Waals surface area contributed by atoms with Gasteiger partial charge in [0.1, 0.15) is 11.5 Å². The van der Waals surface area contributed by atoms with Crippen molar-refractivity contribution in [2.75, 3.05) is 0 Å². The van der Waals surface area contributed by atoms with E-state index in [4.69, 9.17) is 4.74 Å². The van der Waals surface area contributed by atoms with E-state index < -0.39 is 11.6 Å². The Hall–Kier alpha value is -1.90. The van der Waals surface area contributed by atoms with E-state index >= 15 is 0 Å². The van der Waals surface area contributed by atoms with E-state index in [0.717, 1.165) is 24.1 Å². The van der Waals surface area contributed by atoms with Gasteiger partial charge in [-0.2, -0.15) is 0 Å². The van der Waals surface area contributed by atoms with Gasteiger partial charge in [-0.1, -0.05) is 19.1 Å². The van der Waals surface area contributed by atoms with Crippen LogP contribution in [0.5, 0.6) is 11.5 Å². The molecule has 17 heavy (non-hydrogen) atoms. The summed E-state index contributed by atoms with van der Waals surface area (Å²) in [4.78, 5) is 0. The monoisotopic (exact) mass is 234 g/mol. The Labute approximate surface area is 98.7 Å². The van der Waals surface area contributed by atoms with Crippen LogP contribution >= 0.6 is 0 Å². The Morgan fingerprint density at radius 1 is 0.941 bits per heavy atom. The second-order valence-corrected chi connectivity index (χ2v) is 3.68. The fraction of sp³-hybridized carbons (Fsp3) is 0.143. The van der Waals surface area contributed by atoms with E-state index in [1.54, 1.807) is 6.07 Å². The molecule has 1 nitrogen and oxygen atoms in total. The summed E-state index contributed by atoms with van der Waals surface area (Å²) >= 11 is 0. The third-order valence-electron chi connectivity index (χ3n) is 2.43. The summed E-state index contributed by atoms with van der Waals surface area (Å²) in [6, 6.07) is 11.0. The molecule has 0 atom stereocenters. The van der Waals surface area contributed by atoms with Crippen LogP contribution in [0.25, 0.3) is 0 Å². The molecule has 0 aliphatic heterocycles. The van der Waals surface area contributed by atoms with Gasteiger partial charge in [-0.3, -0.25) is 0 Å². The lowest BCUT2D eigenvalue weighted by Crippen LogP contribution is -1.89. The number of benzene rings is 2. The smallest absolute Gasteiger partial charge is 0.162 e. The lowest BCUT2D eigenvalue weighted by molar-refractivity contribution is 0.461. The van der Waals surface area contributed by atoms with Gasteiger partial charge >= 0.3 is 0 Å². The number of aryl methyl sites for hydroxylation is 1. The van der Waals surface area contributed by atoms with E-state index in [2.05, 4.69) is 0 Å². The predicted molar refractivity (Wildman–Crippen MR) is 62.3 cm³/mol. The molecule has 2 rings (SSSR count). The third kappa shape index (κ3) is 2.81. The summed E-state index contributed by atoms with van der Waals surface area (Å²) in [5, 5.41) is 0. The summed E-state index contributed by atoms with van der Waals surface area (Å²) in [6.07, 6.45) is 0.898. The molecule has 2 aromatic rings. The highest BCUT2D eigenvalue weighted by atomic mass is 19.2. The maximum atomic E-state index is 13.0. The molecule has 2 aromatic carbocycles. The van der Waals surface area contributed by atoms with Gasteiger partial charge in [-0.05, 0) is 36.2 Å². The fourth-order valence-corrected chi connectivity index (χ4v) is 1.51. The van der Waals surface area contributed by atoms with Gasteiger partial charge in [0.05, 0.1) is 0 Å². The van der Waals surface area contributed by atoms with Crippen LogP contribution in [0.2, 0.25) is 0 Å². The Bertz CT molecular complexity index is 523. The summed E-state index contributed by atoms with van der Waals surface area (Å²) in [5.74, 6) is -0.874. The zero-order chi connectivity index (χ0) is 12.3. The van der Waals surface area contributed by atoms with Crippen LogP contribution in [0.1, 0.15) is 12.5 Å². The van der Waals surface area contributed by atoms with Crippen molar-refractivity contribution in [1.82, 2.24) is 0 Å². The van der Waals surface area contributed by atoms with Crippen molar-refractivity contribution in [3.63, 3.8) is 0 Å². The highest BCUT2D eigenvalue weighted by molar-refractivity contribution is 5.34. The number of ether oxygens (including phenoxy) is 1. The quantitative estimate of drug-likeness (QED) is 0.768. The van der Waals surface area contributed by atoms with Crippen molar-refractivity contribution in [3.8, 4) is 11.5 Å². The van der Waals surface area contributed by atoms with E-state index in [9.17, 15) is 8.78 Å². The van der Waals surface area contributed by atoms with Gasteiger partial charge in [0.2, 0.25) is 0 Å². The van der Waals surface area contributed by atoms with Crippen LogP contribution in [0.3, 0.4) is 0 Å². The molecule has 88 valence electrons. The first-order valence-electron chi connectivity index (χ1n) is 5.41. The Morgan fingerprint density at radius 3 is 2.41 bits per heavy atom. The van der Waals surface area contributed by atoms with Crippen LogP contribution in [0.4, 0.5) is 8.78 Å². The molecular formula is C14H12F2O. The van der Waals surface area contributed by atoms with Crippen molar-refractivity contribution in [2.24, 2.45) is 0 Å². The predicted octanol–water partition coefficient (Wildman–Crippen LogP) is 4.32. The van der Waals surface area contributed by atoms with Crippen molar-refractivity contribution in [1.29, 1.82) is 0 Å². The zero-order valence-electron chi connectivity index (χ0n) is 9.41. The van der Waals surface area contributed by atoms with E-state index in [1.807, 2.05) is 25.1 Å². The van der Waals surface area contributed by atoms with Crippen molar-refractivity contribution >= 4 is 0 Å². The van der Waals surface area contributed by atoms with E-state index in [-0.39, 0.29) is 5.75 Å². The number of hydrogen-bond donors (Lipinski definition) is 0. The molecule has 3 heteroatoms. The first kappa shape index (κ1) is 11.6. The highest BCUT2D eigenvalue weighted by Crippen LogP contribution is 2.23. The average Bonchev–Trinajstić information content (AvgIpc) is 2.34. The van der Waals surface area contributed by atoms with E-state index in [1.165, 1.54) is 6.07 Å². The summed E-state index contributed by atoms with van der Waals surface area (Å²) in [6.45, 7) is 2.04. The molecule has 0 spiro atoms. The first-order chi connectivity index (χ1) is 8.19. The molecule has 0 saturated carbocycles. The summed E-state index contributed by atoms with van der Waals surface area (Å²) < 4.78 is 31.1. The highest BCUT2D eigenvalue weighted by Gasteiger charge is 2.04. The molecule has 0 N–H and O–H groups in total. The summed E-state index contributed by atoms with van der Waals surface area (Å²) in [7, 11) is 0. The van der Waals surface area contributed by atoms with Crippen molar-refractivity contribution in [3.05, 3.63) is 59.7 Å². The molecule has 0 radical (unpaired) electrons. The van der Waals surface area contributed by atoms with Crippen molar-refractivity contribution < 1.29 is 13.5 Å². The third-order valence-corrected chi connectivity index (χ3v) is 2.43. The van der Waals surface area contributed by atoms with Crippen LogP contribution in [-0.4, -0.2) is 0 Å². The molecule has 0 aliphatic rings. The number of hydrogen-bond acceptors (Lipinski definition) is 1. The van der Waals surface area contributed by atoms with Gasteiger partial charge in [-0.25, -0.2) is 8.78 Å². The van der Waals surface area contributed by atoms with Gasteiger partial charge in [0.15, 0.2) is 11.6 Å². The van der Waals surface area contributed by atoms with Crippen LogP contribution in [-0.2, 0) is 6.42 Å². The molecule has 0 saturated heterocycles. The second kappa shape index (κ2) is 4.95. The first-order valence-corrected chi connectivity index (χ1v) is 5.41. The standard InChI is InChI=1S/C14H12F2O/c1-2-10-4-3-5-11(8-10)17-12-6-7-13(15)14(16)9-12/h3-9H,2H2,1H3. The van der Waals surface area contributed by atoms with E-state index in [0.29, 0.717) is 5.75 Å². The number of halogens is 2. The molecule has 0 fully saturated rings. The molecule has 0 unspecified atom stereocenters. The van der Waals surface area contributed by atoms with Gasteiger partial charge in [-0.15, -0.1) is 0 Å². The molecule has 0 aromatic heterocycles. The van der Waals surface area contributed by atoms with Gasteiger partial charge in [0, 0.05) is 6.07 Å². The van der Waals surface area contributed by atoms with Gasteiger partial charge < -0.3 is 4.74 Å². The molecular weight excluding hydrogens is 222 g/mol. The fourth-order valence-electron chi connectivity index (χ4n) is 1.51. The molecule has 0 bridgehead atoms. The lowest BCUT2D eigenvalue weighted by atomic mass is 10.2. The largest absolute Gasteiger partial charge is 0.457 e. The Morgan fingerprint density at radius 2 is 1.71 bits per heavy atom. The Kier molecular flexibility index (Phi) is 3.38. The van der Waals surface area contributed by atoms with Crippen LogP contribution < -0.4 is 4.74 Å². The minimum absolute atomic E-state index is 0.289. The zero-order valence-corrected chi connectivity index (χ0v) is 9.41. The molecule has 0 amide bonds. The minimum Gasteiger partial charge on any atom is -0.457 e. The maximum absolute atomic E-state index is 13.0. The SMILES string of the molecule is CCc1cccc(Oc2ccc(F)c(F)c2)c1. The molecule has 0 heterocycles. The lowest BCUT2D eigenvalue weighted by Gasteiger charge is -2.07. The normalized spacial score (nSPS) is 10.3. The van der Waals surface area contributed by atoms with Crippen LogP contribution in [0.15, 0.2) is 42.5 Å². The topological polar surface area (TPSA) is 9.23 Å². The molecule has 0 aliphatic carbocycles. The van der Waals surface area contributed by atoms with Crippen molar-refractivity contribution in [2.45, 2.75) is 13.3 Å². The number of rotatable bonds is 3. The maximum Gasteiger partial charge on any atom is 0.162 e. The Balaban J connectivity index is 2.22. The van der Waals surface area contributed by atoms with Crippen LogP contribution in [0, 0.1) is 11.6 Å².